The Morgan fingerprint density at radius 1 is 0.654 bits per heavy atom. The largest absolute Gasteiger partial charge is 0.346 e. The first-order valence-electron chi connectivity index (χ1n) is 19.8. The van der Waals surface area contributed by atoms with Gasteiger partial charge >= 0.3 is 0 Å². The lowest BCUT2D eigenvalue weighted by molar-refractivity contribution is 0.426. The monoisotopic (exact) mass is 675 g/mol. The number of benzene rings is 5. The van der Waals surface area contributed by atoms with E-state index in [1.54, 1.807) is 16.7 Å². The summed E-state index contributed by atoms with van der Waals surface area (Å²) in [5.74, 6) is 0.875. The molecule has 3 heteroatoms. The Morgan fingerprint density at radius 3 is 2.21 bits per heavy atom. The second-order valence-electron chi connectivity index (χ2n) is 15.8. The molecule has 52 heavy (non-hydrogen) atoms. The van der Waals surface area contributed by atoms with Crippen molar-refractivity contribution in [2.75, 3.05) is 4.90 Å². The van der Waals surface area contributed by atoms with Gasteiger partial charge in [0.25, 0.3) is 0 Å². The zero-order valence-corrected chi connectivity index (χ0v) is 29.8. The highest BCUT2D eigenvalue weighted by Gasteiger charge is 2.54. The first kappa shape index (κ1) is 30.5. The van der Waals surface area contributed by atoms with Crippen LogP contribution >= 0.6 is 0 Å². The first-order chi connectivity index (χ1) is 25.8. The molecule has 4 atom stereocenters. The maximum Gasteiger partial charge on any atom is 0.197 e. The van der Waals surface area contributed by atoms with Crippen LogP contribution in [-0.4, -0.2) is 6.29 Å². The normalized spacial score (nSPS) is 24.8. The molecular formula is C49H45N3. The number of para-hydroxylation sites is 2. The van der Waals surface area contributed by atoms with Gasteiger partial charge in [-0.3, -0.25) is 0 Å². The molecule has 0 amide bonds. The molecule has 1 N–H and O–H groups in total. The van der Waals surface area contributed by atoms with E-state index in [0.717, 1.165) is 37.5 Å². The van der Waals surface area contributed by atoms with Crippen LogP contribution in [0.3, 0.4) is 0 Å². The summed E-state index contributed by atoms with van der Waals surface area (Å²) >= 11 is 0. The second-order valence-corrected chi connectivity index (χ2v) is 15.8. The number of rotatable bonds is 4. The number of nitrogens with zero attached hydrogens (tertiary/aromatic N) is 2. The van der Waals surface area contributed by atoms with Crippen molar-refractivity contribution < 1.29 is 0 Å². The third kappa shape index (κ3) is 4.29. The van der Waals surface area contributed by atoms with Gasteiger partial charge in [0.15, 0.2) is 6.29 Å². The van der Waals surface area contributed by atoms with Crippen molar-refractivity contribution >= 4 is 11.4 Å². The number of hydrogen-bond donors (Lipinski definition) is 1. The van der Waals surface area contributed by atoms with Crippen LogP contribution in [-0.2, 0) is 11.8 Å². The second kappa shape index (κ2) is 12.0. The van der Waals surface area contributed by atoms with Crippen molar-refractivity contribution in [3.8, 4) is 0 Å². The number of nitrogens with one attached hydrogen (secondary N) is 1. The summed E-state index contributed by atoms with van der Waals surface area (Å²) < 4.78 is 0. The average molecular weight is 676 g/mol. The van der Waals surface area contributed by atoms with Crippen LogP contribution < -0.4 is 20.8 Å². The molecular weight excluding hydrogens is 631 g/mol. The minimum atomic E-state index is -0.269. The molecule has 0 saturated carbocycles. The molecule has 0 radical (unpaired) electrons. The van der Waals surface area contributed by atoms with Gasteiger partial charge in [-0.1, -0.05) is 121 Å². The van der Waals surface area contributed by atoms with Gasteiger partial charge in [0.05, 0.1) is 16.8 Å². The number of hydrogen-bond acceptors (Lipinski definition) is 3. The van der Waals surface area contributed by atoms with Gasteiger partial charge in [0.2, 0.25) is 0 Å². The minimum absolute atomic E-state index is 0.180. The summed E-state index contributed by atoms with van der Waals surface area (Å²) in [6.07, 6.45) is 15.6. The van der Waals surface area contributed by atoms with Crippen molar-refractivity contribution in [3.05, 3.63) is 194 Å². The molecule has 0 saturated heterocycles. The van der Waals surface area contributed by atoms with E-state index in [4.69, 9.17) is 4.99 Å². The average Bonchev–Trinajstić information content (AvgIpc) is 3.73. The molecule has 0 aromatic heterocycles. The third-order valence-electron chi connectivity index (χ3n) is 13.3. The van der Waals surface area contributed by atoms with Crippen LogP contribution in [0.2, 0.25) is 0 Å². The quantitative estimate of drug-likeness (QED) is 0.192. The molecule has 4 aliphatic carbocycles. The molecule has 2 heterocycles. The third-order valence-corrected chi connectivity index (χ3v) is 13.3. The van der Waals surface area contributed by atoms with E-state index in [9.17, 15) is 0 Å². The minimum Gasteiger partial charge on any atom is -0.346 e. The summed E-state index contributed by atoms with van der Waals surface area (Å²) in [5.41, 5.74) is 16.0. The predicted molar refractivity (Wildman–Crippen MR) is 211 cm³/mol. The van der Waals surface area contributed by atoms with E-state index in [1.807, 2.05) is 0 Å². The van der Waals surface area contributed by atoms with E-state index in [-0.39, 0.29) is 17.7 Å². The standard InChI is InChI=1S/C49H45N3/c1-4-16-32(17-5-1)46-40-24-11-14-26-43(40)50-48(51-46)52-44-27-15-12-22-35(44)37-29-28-36-38(47(37)52)30-31-42-45(36)39-23-10-13-25-41(39)49(42,33-18-6-2-7-19-33)34-20-8-3-9-21-34/h2-3,6-9,11-12,14-16,18-22,24-27,30-31,37,39,47-48,51H,1,4-5,10,13,17,23,28-29H2. The van der Waals surface area contributed by atoms with Crippen LogP contribution in [0.5, 0.6) is 0 Å². The molecule has 5 aromatic carbocycles. The van der Waals surface area contributed by atoms with Crippen molar-refractivity contribution in [1.82, 2.24) is 5.32 Å². The molecule has 6 aliphatic rings. The van der Waals surface area contributed by atoms with E-state index < -0.39 is 0 Å². The Labute approximate surface area is 307 Å². The SMILES string of the molecule is C1=C(C2=c3ccccc3=NC(N3c4ccccc4C4CCc5c(ccc6c5C5CCCC=C5C6(c5ccccc5)c5ccccc5)C43)N2)CCCC1. The van der Waals surface area contributed by atoms with E-state index in [2.05, 4.69) is 144 Å². The van der Waals surface area contributed by atoms with Crippen LogP contribution in [0.15, 0.2) is 150 Å². The summed E-state index contributed by atoms with van der Waals surface area (Å²) in [6.45, 7) is 0. The van der Waals surface area contributed by atoms with Crippen molar-refractivity contribution in [3.63, 3.8) is 0 Å². The first-order valence-corrected chi connectivity index (χ1v) is 19.8. The lowest BCUT2D eigenvalue weighted by Crippen LogP contribution is -2.52. The zero-order valence-electron chi connectivity index (χ0n) is 29.8. The topological polar surface area (TPSA) is 27.6 Å². The van der Waals surface area contributed by atoms with Crippen LogP contribution in [0, 0.1) is 0 Å². The number of fused-ring (bicyclic) bond motifs is 10. The fraction of sp³-hybridized carbons (Fsp3) is 0.286. The Morgan fingerprint density at radius 2 is 1.40 bits per heavy atom. The molecule has 0 bridgehead atoms. The van der Waals surface area contributed by atoms with Gasteiger partial charge < -0.3 is 10.2 Å². The van der Waals surface area contributed by atoms with Crippen molar-refractivity contribution in [2.45, 2.75) is 87.4 Å². The number of allylic oxidation sites excluding steroid dienone is 3. The van der Waals surface area contributed by atoms with Crippen LogP contribution in [0.1, 0.15) is 108 Å². The van der Waals surface area contributed by atoms with E-state index in [1.165, 1.54) is 75.7 Å². The molecule has 3 nitrogen and oxygen atoms in total. The Balaban J connectivity index is 1.11. The highest BCUT2D eigenvalue weighted by molar-refractivity contribution is 5.74. The van der Waals surface area contributed by atoms with Gasteiger partial charge in [0, 0.05) is 28.4 Å². The lowest BCUT2D eigenvalue weighted by Gasteiger charge is -2.41. The van der Waals surface area contributed by atoms with Gasteiger partial charge in [-0.2, -0.15) is 0 Å². The maximum atomic E-state index is 5.53. The Hall–Kier alpha value is -5.15. The summed E-state index contributed by atoms with van der Waals surface area (Å²) in [4.78, 5) is 8.21. The Kier molecular flexibility index (Phi) is 7.00. The molecule has 4 unspecified atom stereocenters. The molecule has 2 aliphatic heterocycles. The molecule has 5 aromatic rings. The van der Waals surface area contributed by atoms with Crippen LogP contribution in [0.4, 0.5) is 5.69 Å². The van der Waals surface area contributed by atoms with Gasteiger partial charge in [-0.05, 0) is 120 Å². The fourth-order valence-electron chi connectivity index (χ4n) is 11.3. The van der Waals surface area contributed by atoms with Crippen molar-refractivity contribution in [1.29, 1.82) is 0 Å². The lowest BCUT2D eigenvalue weighted by atomic mass is 9.65. The Bertz CT molecular complexity index is 2360. The smallest absolute Gasteiger partial charge is 0.197 e. The zero-order chi connectivity index (χ0) is 34.2. The summed E-state index contributed by atoms with van der Waals surface area (Å²) in [6, 6.07) is 46.1. The van der Waals surface area contributed by atoms with Crippen LogP contribution in [0.25, 0.3) is 5.70 Å². The molecule has 11 rings (SSSR count). The number of anilines is 1. The fourth-order valence-corrected chi connectivity index (χ4v) is 11.3. The highest BCUT2D eigenvalue weighted by atomic mass is 15.4. The maximum absolute atomic E-state index is 5.53. The van der Waals surface area contributed by atoms with Gasteiger partial charge in [-0.15, -0.1) is 0 Å². The van der Waals surface area contributed by atoms with Gasteiger partial charge in [0.1, 0.15) is 0 Å². The summed E-state index contributed by atoms with van der Waals surface area (Å²) in [5, 5.41) is 6.42. The molecule has 0 fully saturated rings. The molecule has 256 valence electrons. The van der Waals surface area contributed by atoms with Crippen molar-refractivity contribution in [2.24, 2.45) is 4.99 Å². The summed E-state index contributed by atoms with van der Waals surface area (Å²) in [7, 11) is 0. The van der Waals surface area contributed by atoms with E-state index >= 15 is 0 Å². The highest BCUT2D eigenvalue weighted by Crippen LogP contribution is 2.64. The van der Waals surface area contributed by atoms with Gasteiger partial charge in [-0.25, -0.2) is 4.99 Å². The predicted octanol–water partition coefficient (Wildman–Crippen LogP) is 9.63. The van der Waals surface area contributed by atoms with E-state index in [0.29, 0.717) is 11.8 Å². The molecule has 0 spiro atoms.